The topological polar surface area (TPSA) is 62.6 Å². The van der Waals surface area contributed by atoms with Crippen molar-refractivity contribution in [2.75, 3.05) is 25.0 Å². The number of carbonyl (C=O) groups excluding carboxylic acids is 2. The quantitative estimate of drug-likeness (QED) is 0.619. The van der Waals surface area contributed by atoms with E-state index in [0.29, 0.717) is 13.1 Å². The minimum atomic E-state index is -0.0970. The van der Waals surface area contributed by atoms with Crippen LogP contribution >= 0.6 is 27.3 Å². The van der Waals surface area contributed by atoms with E-state index in [2.05, 4.69) is 26.6 Å². The normalized spacial score (nSPS) is 11.8. The molecule has 1 unspecified atom stereocenters. The first-order valence-corrected chi connectivity index (χ1v) is 9.42. The molecule has 3 N–H and O–H groups in total. The van der Waals surface area contributed by atoms with Crippen molar-refractivity contribution in [2.24, 2.45) is 0 Å². The van der Waals surface area contributed by atoms with E-state index in [9.17, 15) is 9.59 Å². The zero-order valence-corrected chi connectivity index (χ0v) is 15.9. The van der Waals surface area contributed by atoms with Crippen molar-refractivity contribution in [3.8, 4) is 0 Å². The summed E-state index contributed by atoms with van der Waals surface area (Å²) < 4.78 is 0.962. The molecule has 7 heteroatoms. The van der Waals surface area contributed by atoms with E-state index in [1.54, 1.807) is 11.3 Å². The maximum absolute atomic E-state index is 12.1. The van der Waals surface area contributed by atoms with Crippen LogP contribution < -0.4 is 15.5 Å². The fourth-order valence-electron chi connectivity index (χ4n) is 2.17. The molecule has 128 valence electrons. The second-order valence-electron chi connectivity index (χ2n) is 5.37. The molecule has 0 aliphatic rings. The molecule has 2 rings (SSSR count). The maximum atomic E-state index is 12.1. The van der Waals surface area contributed by atoms with Crippen LogP contribution in [0.1, 0.15) is 11.8 Å². The smallest absolute Gasteiger partial charge is 0.279 e. The van der Waals surface area contributed by atoms with E-state index in [4.69, 9.17) is 0 Å². The Morgan fingerprint density at radius 2 is 1.83 bits per heavy atom. The summed E-state index contributed by atoms with van der Waals surface area (Å²) in [7, 11) is 0. The standard InChI is InChI=1S/C17H20BrN3O2S/c1-2-21(11-16(22)19-10-15-4-3-9-24-15)12-17(23)20-14-7-5-13(18)6-8-14/h3-9H,2,10-12H2,1H3,(H,19,22)(H,20,23)/p+1. The molecule has 0 spiro atoms. The highest BCUT2D eigenvalue weighted by Gasteiger charge is 2.16. The van der Waals surface area contributed by atoms with Crippen molar-refractivity contribution >= 4 is 44.8 Å². The van der Waals surface area contributed by atoms with Crippen LogP contribution in [0.5, 0.6) is 0 Å². The minimum absolute atomic E-state index is 0.0447. The molecule has 0 saturated heterocycles. The third kappa shape index (κ3) is 6.43. The van der Waals surface area contributed by atoms with Gasteiger partial charge in [-0.05, 0) is 42.6 Å². The summed E-state index contributed by atoms with van der Waals surface area (Å²) >= 11 is 4.97. The van der Waals surface area contributed by atoms with Gasteiger partial charge in [0.1, 0.15) is 0 Å². The zero-order valence-electron chi connectivity index (χ0n) is 13.5. The van der Waals surface area contributed by atoms with E-state index in [1.807, 2.05) is 48.7 Å². The second kappa shape index (κ2) is 9.56. The molecule has 1 atom stereocenters. The molecular weight excluding hydrogens is 390 g/mol. The lowest BCUT2D eigenvalue weighted by Crippen LogP contribution is -3.13. The fraction of sp³-hybridized carbons (Fsp3) is 0.294. The lowest BCUT2D eigenvalue weighted by atomic mass is 10.3. The second-order valence-corrected chi connectivity index (χ2v) is 7.32. The van der Waals surface area contributed by atoms with Crippen LogP contribution in [0.2, 0.25) is 0 Å². The van der Waals surface area contributed by atoms with Gasteiger partial charge in [0.15, 0.2) is 13.1 Å². The average molecular weight is 411 g/mol. The highest BCUT2D eigenvalue weighted by molar-refractivity contribution is 9.10. The van der Waals surface area contributed by atoms with E-state index < -0.39 is 0 Å². The molecule has 2 aromatic rings. The third-order valence-corrected chi connectivity index (χ3v) is 4.89. The van der Waals surface area contributed by atoms with Gasteiger partial charge in [-0.3, -0.25) is 9.59 Å². The summed E-state index contributed by atoms with van der Waals surface area (Å²) in [5.74, 6) is -0.142. The number of likely N-dealkylation sites (N-methyl/N-ethyl adjacent to an activating group) is 1. The van der Waals surface area contributed by atoms with Crippen LogP contribution in [-0.2, 0) is 16.1 Å². The molecule has 24 heavy (non-hydrogen) atoms. The average Bonchev–Trinajstić information content (AvgIpc) is 3.08. The van der Waals surface area contributed by atoms with E-state index in [1.165, 1.54) is 0 Å². The summed E-state index contributed by atoms with van der Waals surface area (Å²) in [5, 5.41) is 7.73. The number of halogens is 1. The highest BCUT2D eigenvalue weighted by Crippen LogP contribution is 2.13. The Labute approximate surface area is 154 Å². The van der Waals surface area contributed by atoms with E-state index in [0.717, 1.165) is 19.9 Å². The van der Waals surface area contributed by atoms with Crippen molar-refractivity contribution in [3.63, 3.8) is 0 Å². The number of amides is 2. The van der Waals surface area contributed by atoms with Crippen LogP contribution in [0.25, 0.3) is 0 Å². The number of hydrogen-bond donors (Lipinski definition) is 3. The van der Waals surface area contributed by atoms with Crippen LogP contribution in [0.4, 0.5) is 5.69 Å². The molecule has 1 aromatic heterocycles. The molecule has 1 heterocycles. The van der Waals surface area contributed by atoms with Gasteiger partial charge in [-0.2, -0.15) is 0 Å². The van der Waals surface area contributed by atoms with Gasteiger partial charge >= 0.3 is 0 Å². The Morgan fingerprint density at radius 1 is 1.12 bits per heavy atom. The summed E-state index contributed by atoms with van der Waals surface area (Å²) in [6.45, 7) is 3.77. The van der Waals surface area contributed by atoms with Crippen molar-refractivity contribution in [2.45, 2.75) is 13.5 Å². The monoisotopic (exact) mass is 410 g/mol. The lowest BCUT2D eigenvalue weighted by molar-refractivity contribution is -0.881. The van der Waals surface area contributed by atoms with E-state index in [-0.39, 0.29) is 24.9 Å². The third-order valence-electron chi connectivity index (χ3n) is 3.49. The molecule has 0 aliphatic carbocycles. The van der Waals surface area contributed by atoms with Crippen LogP contribution in [-0.4, -0.2) is 31.4 Å². The number of quaternary nitrogens is 1. The number of rotatable bonds is 8. The Bertz CT molecular complexity index is 659. The number of thiophene rings is 1. The van der Waals surface area contributed by atoms with Crippen LogP contribution in [0, 0.1) is 0 Å². The Balaban J connectivity index is 1.76. The highest BCUT2D eigenvalue weighted by atomic mass is 79.9. The largest absolute Gasteiger partial charge is 0.346 e. The Hall–Kier alpha value is -1.70. The molecule has 1 aromatic carbocycles. The summed E-state index contributed by atoms with van der Waals surface area (Å²) in [5.41, 5.74) is 0.751. The van der Waals surface area contributed by atoms with Crippen LogP contribution in [0.15, 0.2) is 46.3 Å². The maximum Gasteiger partial charge on any atom is 0.279 e. The number of carbonyl (C=O) groups is 2. The van der Waals surface area contributed by atoms with Gasteiger partial charge in [0.2, 0.25) is 0 Å². The van der Waals surface area contributed by atoms with Gasteiger partial charge in [0.25, 0.3) is 11.8 Å². The van der Waals surface area contributed by atoms with Gasteiger partial charge in [-0.15, -0.1) is 11.3 Å². The van der Waals surface area contributed by atoms with Gasteiger partial charge in [0, 0.05) is 15.0 Å². The summed E-state index contributed by atoms with van der Waals surface area (Å²) in [6, 6.07) is 11.4. The number of benzene rings is 1. The number of nitrogens with one attached hydrogen (secondary N) is 3. The SMILES string of the molecule is CC[NH+](CC(=O)NCc1cccs1)CC(=O)Nc1ccc(Br)cc1. The first-order chi connectivity index (χ1) is 11.6. The summed E-state index contributed by atoms with van der Waals surface area (Å²) in [4.78, 5) is 26.2. The number of hydrogen-bond acceptors (Lipinski definition) is 3. The first kappa shape index (κ1) is 18.6. The van der Waals surface area contributed by atoms with Gasteiger partial charge in [-0.1, -0.05) is 22.0 Å². The zero-order chi connectivity index (χ0) is 17.4. The molecule has 0 fully saturated rings. The molecule has 2 amide bonds. The van der Waals surface area contributed by atoms with Gasteiger partial charge in [0.05, 0.1) is 13.1 Å². The van der Waals surface area contributed by atoms with Crippen molar-refractivity contribution in [1.82, 2.24) is 5.32 Å². The van der Waals surface area contributed by atoms with Crippen molar-refractivity contribution in [3.05, 3.63) is 51.1 Å². The predicted octanol–water partition coefficient (Wildman–Crippen LogP) is 1.67. The molecule has 0 aliphatic heterocycles. The van der Waals surface area contributed by atoms with Gasteiger partial charge in [-0.25, -0.2) is 0 Å². The van der Waals surface area contributed by atoms with Crippen LogP contribution in [0.3, 0.4) is 0 Å². The minimum Gasteiger partial charge on any atom is -0.346 e. The first-order valence-electron chi connectivity index (χ1n) is 7.75. The molecule has 0 saturated carbocycles. The molecular formula is C17H21BrN3O2S+. The van der Waals surface area contributed by atoms with Gasteiger partial charge < -0.3 is 15.5 Å². The molecule has 5 nitrogen and oxygen atoms in total. The van der Waals surface area contributed by atoms with Crippen molar-refractivity contribution in [1.29, 1.82) is 0 Å². The van der Waals surface area contributed by atoms with Crippen molar-refractivity contribution < 1.29 is 14.5 Å². The predicted molar refractivity (Wildman–Crippen MR) is 100 cm³/mol. The summed E-state index contributed by atoms with van der Waals surface area (Å²) in [6.07, 6.45) is 0. The van der Waals surface area contributed by atoms with E-state index >= 15 is 0 Å². The fourth-order valence-corrected chi connectivity index (χ4v) is 3.08. The molecule has 0 bridgehead atoms. The number of anilines is 1. The molecule has 0 radical (unpaired) electrons. The Morgan fingerprint density at radius 3 is 2.46 bits per heavy atom. The Kier molecular flexibility index (Phi) is 7.42. The lowest BCUT2D eigenvalue weighted by Gasteiger charge is -2.16.